The standard InChI is InChI=1S/C38H36N4O5S2/c1-4-34(37(45)42-38-41-33(24-48-38)26-17-19-29(20-18-26)47-5-2)49-31-16-10-14-28(23-31)39-36(44)32(22-25-11-9-15-30(21-25)46-3)40-35(43)27-12-7-6-8-13-27/h6-24,34H,4-5H2,1-3H3,(H,39,44)(H,40,43)(H,41,42,45)/b32-22-. The van der Waals surface area contributed by atoms with E-state index in [0.717, 1.165) is 21.9 Å². The Morgan fingerprint density at radius 2 is 1.65 bits per heavy atom. The van der Waals surface area contributed by atoms with E-state index in [1.807, 2.05) is 61.7 Å². The van der Waals surface area contributed by atoms with Crippen molar-refractivity contribution in [3.05, 3.63) is 125 Å². The molecule has 0 spiro atoms. The highest BCUT2D eigenvalue weighted by Crippen LogP contribution is 2.31. The molecule has 5 rings (SSSR count). The van der Waals surface area contributed by atoms with Crippen molar-refractivity contribution >= 4 is 57.7 Å². The van der Waals surface area contributed by atoms with Gasteiger partial charge in [-0.3, -0.25) is 14.4 Å². The lowest BCUT2D eigenvalue weighted by Gasteiger charge is -2.15. The fourth-order valence-corrected chi connectivity index (χ4v) is 6.45. The normalized spacial score (nSPS) is 11.7. The summed E-state index contributed by atoms with van der Waals surface area (Å²) in [5.41, 5.74) is 3.36. The number of amides is 3. The molecular formula is C38H36N4O5S2. The molecule has 0 aliphatic carbocycles. The summed E-state index contributed by atoms with van der Waals surface area (Å²) in [6.45, 7) is 4.48. The van der Waals surface area contributed by atoms with Crippen molar-refractivity contribution in [1.82, 2.24) is 10.3 Å². The number of hydrogen-bond acceptors (Lipinski definition) is 8. The molecule has 49 heavy (non-hydrogen) atoms. The van der Waals surface area contributed by atoms with Crippen LogP contribution in [0.15, 0.2) is 119 Å². The summed E-state index contributed by atoms with van der Waals surface area (Å²) >= 11 is 2.76. The van der Waals surface area contributed by atoms with Crippen LogP contribution in [0, 0.1) is 0 Å². The molecule has 0 fully saturated rings. The zero-order chi connectivity index (χ0) is 34.6. The predicted octanol–water partition coefficient (Wildman–Crippen LogP) is 8.14. The Hall–Kier alpha value is -5.39. The highest BCUT2D eigenvalue weighted by Gasteiger charge is 2.21. The highest BCUT2D eigenvalue weighted by molar-refractivity contribution is 8.00. The maximum Gasteiger partial charge on any atom is 0.272 e. The smallest absolute Gasteiger partial charge is 0.272 e. The van der Waals surface area contributed by atoms with Gasteiger partial charge in [0.05, 0.1) is 24.7 Å². The summed E-state index contributed by atoms with van der Waals surface area (Å²) in [7, 11) is 1.56. The van der Waals surface area contributed by atoms with Crippen LogP contribution in [0.5, 0.6) is 11.5 Å². The number of carbonyl (C=O) groups excluding carboxylic acids is 3. The van der Waals surface area contributed by atoms with E-state index in [9.17, 15) is 14.4 Å². The van der Waals surface area contributed by atoms with Crippen LogP contribution < -0.4 is 25.4 Å². The van der Waals surface area contributed by atoms with E-state index in [1.165, 1.54) is 23.1 Å². The molecule has 1 heterocycles. The van der Waals surface area contributed by atoms with Crippen molar-refractivity contribution in [2.75, 3.05) is 24.4 Å². The maximum absolute atomic E-state index is 13.6. The molecular weight excluding hydrogens is 657 g/mol. The molecule has 0 saturated carbocycles. The van der Waals surface area contributed by atoms with Crippen molar-refractivity contribution in [2.24, 2.45) is 0 Å². The molecule has 3 amide bonds. The van der Waals surface area contributed by atoms with Crippen LogP contribution in [0.2, 0.25) is 0 Å². The molecule has 250 valence electrons. The lowest BCUT2D eigenvalue weighted by Crippen LogP contribution is -2.30. The second-order valence-corrected chi connectivity index (χ2v) is 12.8. The summed E-state index contributed by atoms with van der Waals surface area (Å²) < 4.78 is 10.8. The predicted molar refractivity (Wildman–Crippen MR) is 197 cm³/mol. The van der Waals surface area contributed by atoms with Crippen LogP contribution in [-0.2, 0) is 9.59 Å². The van der Waals surface area contributed by atoms with E-state index in [1.54, 1.807) is 73.8 Å². The Morgan fingerprint density at radius 1 is 0.878 bits per heavy atom. The van der Waals surface area contributed by atoms with Gasteiger partial charge in [-0.25, -0.2) is 4.98 Å². The molecule has 0 bridgehead atoms. The van der Waals surface area contributed by atoms with E-state index in [2.05, 4.69) is 20.9 Å². The van der Waals surface area contributed by atoms with Gasteiger partial charge < -0.3 is 25.4 Å². The largest absolute Gasteiger partial charge is 0.497 e. The summed E-state index contributed by atoms with van der Waals surface area (Å²) in [5.74, 6) is 0.317. The van der Waals surface area contributed by atoms with Crippen LogP contribution in [0.3, 0.4) is 0 Å². The minimum atomic E-state index is -0.508. The summed E-state index contributed by atoms with van der Waals surface area (Å²) in [6, 6.07) is 30.8. The van der Waals surface area contributed by atoms with Crippen LogP contribution in [-0.4, -0.2) is 41.7 Å². The van der Waals surface area contributed by atoms with Crippen molar-refractivity contribution in [2.45, 2.75) is 30.4 Å². The second-order valence-electron chi connectivity index (χ2n) is 10.6. The monoisotopic (exact) mass is 692 g/mol. The van der Waals surface area contributed by atoms with Crippen molar-refractivity contribution in [3.63, 3.8) is 0 Å². The van der Waals surface area contributed by atoms with Crippen LogP contribution in [0.1, 0.15) is 36.2 Å². The minimum Gasteiger partial charge on any atom is -0.497 e. The first-order valence-corrected chi connectivity index (χ1v) is 17.4. The third kappa shape index (κ3) is 9.82. The number of hydrogen-bond donors (Lipinski definition) is 3. The van der Waals surface area contributed by atoms with Gasteiger partial charge in [-0.2, -0.15) is 0 Å². The van der Waals surface area contributed by atoms with Gasteiger partial charge >= 0.3 is 0 Å². The molecule has 0 aliphatic heterocycles. The van der Waals surface area contributed by atoms with Gasteiger partial charge in [-0.15, -0.1) is 23.1 Å². The van der Waals surface area contributed by atoms with Crippen molar-refractivity contribution < 1.29 is 23.9 Å². The van der Waals surface area contributed by atoms with Gasteiger partial charge in [0.15, 0.2) is 5.13 Å². The Morgan fingerprint density at radius 3 is 2.39 bits per heavy atom. The Bertz CT molecular complexity index is 1930. The topological polar surface area (TPSA) is 119 Å². The second kappa shape index (κ2) is 17.1. The Labute approximate surface area is 293 Å². The lowest BCUT2D eigenvalue weighted by atomic mass is 10.1. The van der Waals surface area contributed by atoms with Gasteiger partial charge in [-0.1, -0.05) is 43.3 Å². The molecule has 5 aromatic rings. The molecule has 9 nitrogen and oxygen atoms in total. The SMILES string of the molecule is CCOc1ccc(-c2csc(NC(=O)C(CC)Sc3cccc(NC(=O)/C(=C/c4cccc(OC)c4)NC(=O)c4ccccc4)c3)n2)cc1. The van der Waals surface area contributed by atoms with E-state index in [-0.39, 0.29) is 11.6 Å². The number of anilines is 2. The molecule has 1 unspecified atom stereocenters. The number of methoxy groups -OCH3 is 1. The lowest BCUT2D eigenvalue weighted by molar-refractivity contribution is -0.116. The number of aromatic nitrogens is 1. The van der Waals surface area contributed by atoms with Crippen molar-refractivity contribution in [1.29, 1.82) is 0 Å². The summed E-state index contributed by atoms with van der Waals surface area (Å²) in [6.07, 6.45) is 2.16. The first-order chi connectivity index (χ1) is 23.8. The van der Waals surface area contributed by atoms with E-state index in [4.69, 9.17) is 9.47 Å². The van der Waals surface area contributed by atoms with Gasteiger partial charge in [-0.05, 0) is 91.7 Å². The van der Waals surface area contributed by atoms with E-state index < -0.39 is 17.1 Å². The van der Waals surface area contributed by atoms with Gasteiger partial charge in [0.1, 0.15) is 17.2 Å². The van der Waals surface area contributed by atoms with Crippen LogP contribution in [0.25, 0.3) is 17.3 Å². The fraction of sp³-hybridized carbons (Fsp3) is 0.158. The zero-order valence-electron chi connectivity index (χ0n) is 27.3. The third-order valence-electron chi connectivity index (χ3n) is 7.16. The molecule has 4 aromatic carbocycles. The number of nitrogens with one attached hydrogen (secondary N) is 3. The zero-order valence-corrected chi connectivity index (χ0v) is 28.9. The molecule has 0 radical (unpaired) electrons. The van der Waals surface area contributed by atoms with E-state index >= 15 is 0 Å². The fourth-order valence-electron chi connectivity index (χ4n) is 4.71. The molecule has 0 saturated heterocycles. The third-order valence-corrected chi connectivity index (χ3v) is 9.28. The molecule has 0 aliphatic rings. The first kappa shape index (κ1) is 34.9. The number of rotatable bonds is 14. The van der Waals surface area contributed by atoms with Gasteiger partial charge in [0, 0.05) is 27.1 Å². The van der Waals surface area contributed by atoms with Crippen LogP contribution in [0.4, 0.5) is 10.8 Å². The number of benzene rings is 4. The summed E-state index contributed by atoms with van der Waals surface area (Å²) in [5, 5.41) is 10.6. The highest BCUT2D eigenvalue weighted by atomic mass is 32.2. The number of nitrogens with zero attached hydrogens (tertiary/aromatic N) is 1. The number of ether oxygens (including phenoxy) is 2. The van der Waals surface area contributed by atoms with Crippen LogP contribution >= 0.6 is 23.1 Å². The van der Waals surface area contributed by atoms with Gasteiger partial charge in [0.25, 0.3) is 11.8 Å². The van der Waals surface area contributed by atoms with E-state index in [0.29, 0.717) is 40.7 Å². The number of thiazole rings is 1. The van der Waals surface area contributed by atoms with Gasteiger partial charge in [0.2, 0.25) is 5.91 Å². The molecule has 3 N–H and O–H groups in total. The first-order valence-electron chi connectivity index (χ1n) is 15.6. The molecule has 1 atom stereocenters. The number of thioether (sulfide) groups is 1. The number of carbonyl (C=O) groups is 3. The summed E-state index contributed by atoms with van der Waals surface area (Å²) in [4.78, 5) is 45.3. The average molecular weight is 693 g/mol. The van der Waals surface area contributed by atoms with Crippen molar-refractivity contribution in [3.8, 4) is 22.8 Å². The average Bonchev–Trinajstić information content (AvgIpc) is 3.59. The molecule has 1 aromatic heterocycles. The Kier molecular flexibility index (Phi) is 12.2. The Balaban J connectivity index is 1.26. The minimum absolute atomic E-state index is 0.0547. The maximum atomic E-state index is 13.6. The quantitative estimate of drug-likeness (QED) is 0.0794. The molecule has 11 heteroatoms.